The highest BCUT2D eigenvalue weighted by molar-refractivity contribution is 5.65. The Balaban J connectivity index is 2.64. The van der Waals surface area contributed by atoms with E-state index in [1.165, 1.54) is 6.07 Å². The van der Waals surface area contributed by atoms with Crippen molar-refractivity contribution in [1.29, 1.82) is 0 Å². The zero-order valence-corrected chi connectivity index (χ0v) is 8.45. The molecule has 1 nitrogen and oxygen atoms in total. The van der Waals surface area contributed by atoms with Crippen LogP contribution in [0.15, 0.2) is 42.5 Å². The monoisotopic (exact) mass is 220 g/mol. The van der Waals surface area contributed by atoms with Crippen molar-refractivity contribution in [2.75, 3.05) is 0 Å². The van der Waals surface area contributed by atoms with Crippen LogP contribution in [0.25, 0.3) is 11.1 Å². The molecule has 0 atom stereocenters. The van der Waals surface area contributed by atoms with Crippen molar-refractivity contribution in [3.8, 4) is 11.1 Å². The second-order valence-corrected chi connectivity index (χ2v) is 3.42. The van der Waals surface area contributed by atoms with Gasteiger partial charge < -0.3 is 5.11 Å². The zero-order valence-electron chi connectivity index (χ0n) is 8.45. The summed E-state index contributed by atoms with van der Waals surface area (Å²) >= 11 is 0. The number of hydrogen-bond acceptors (Lipinski definition) is 1. The largest absolute Gasteiger partial charge is 0.392 e. The van der Waals surface area contributed by atoms with Gasteiger partial charge in [0.15, 0.2) is 0 Å². The molecule has 0 aliphatic carbocycles. The molecule has 0 aromatic heterocycles. The van der Waals surface area contributed by atoms with Gasteiger partial charge in [0.1, 0.15) is 11.6 Å². The second kappa shape index (κ2) is 4.41. The molecule has 0 heterocycles. The first-order chi connectivity index (χ1) is 7.74. The molecule has 2 aromatic carbocycles. The van der Waals surface area contributed by atoms with Gasteiger partial charge in [-0.2, -0.15) is 0 Å². The summed E-state index contributed by atoms with van der Waals surface area (Å²) in [6, 6.07) is 10.9. The lowest BCUT2D eigenvalue weighted by Gasteiger charge is -2.08. The van der Waals surface area contributed by atoms with Crippen LogP contribution in [0.5, 0.6) is 0 Å². The summed E-state index contributed by atoms with van der Waals surface area (Å²) in [5, 5.41) is 8.92. The number of aliphatic hydroxyl groups excluding tert-OH is 1. The molecule has 0 radical (unpaired) electrons. The average molecular weight is 220 g/mol. The van der Waals surface area contributed by atoms with Gasteiger partial charge in [0.2, 0.25) is 0 Å². The van der Waals surface area contributed by atoms with Gasteiger partial charge in [-0.05, 0) is 11.6 Å². The van der Waals surface area contributed by atoms with Gasteiger partial charge in [0, 0.05) is 5.56 Å². The van der Waals surface area contributed by atoms with Crippen LogP contribution < -0.4 is 0 Å². The van der Waals surface area contributed by atoms with Crippen LogP contribution in [0.1, 0.15) is 5.56 Å². The molecule has 0 aliphatic heterocycles. The summed E-state index contributed by atoms with van der Waals surface area (Å²) in [5.74, 6) is -1.32. The fourth-order valence-corrected chi connectivity index (χ4v) is 1.59. The van der Waals surface area contributed by atoms with Gasteiger partial charge in [-0.1, -0.05) is 36.4 Å². The van der Waals surface area contributed by atoms with Crippen LogP contribution in [-0.2, 0) is 6.61 Å². The van der Waals surface area contributed by atoms with Crippen LogP contribution in [-0.4, -0.2) is 5.11 Å². The molecule has 0 aliphatic rings. The predicted octanol–water partition coefficient (Wildman–Crippen LogP) is 3.12. The minimum absolute atomic E-state index is 0.0906. The Bertz CT molecular complexity index is 495. The Morgan fingerprint density at radius 1 is 0.938 bits per heavy atom. The van der Waals surface area contributed by atoms with Crippen LogP contribution >= 0.6 is 0 Å². The van der Waals surface area contributed by atoms with Crippen LogP contribution in [0.3, 0.4) is 0 Å². The Kier molecular flexibility index (Phi) is 2.97. The number of hydrogen-bond donors (Lipinski definition) is 1. The number of rotatable bonds is 2. The van der Waals surface area contributed by atoms with Crippen molar-refractivity contribution in [2.24, 2.45) is 0 Å². The molecule has 82 valence electrons. The lowest BCUT2D eigenvalue weighted by molar-refractivity contribution is 0.275. The molecular weight excluding hydrogens is 210 g/mol. The molecule has 2 rings (SSSR count). The van der Waals surface area contributed by atoms with Gasteiger partial charge in [0.05, 0.1) is 12.2 Å². The summed E-state index contributed by atoms with van der Waals surface area (Å²) in [4.78, 5) is 0. The summed E-state index contributed by atoms with van der Waals surface area (Å²) in [7, 11) is 0. The van der Waals surface area contributed by atoms with E-state index in [0.717, 1.165) is 6.07 Å². The van der Waals surface area contributed by atoms with E-state index in [1.807, 2.05) is 0 Å². The average Bonchev–Trinajstić information content (AvgIpc) is 2.31. The summed E-state index contributed by atoms with van der Waals surface area (Å²) < 4.78 is 27.4. The highest BCUT2D eigenvalue weighted by atomic mass is 19.1. The summed E-state index contributed by atoms with van der Waals surface area (Å²) in [6.45, 7) is -0.439. The van der Waals surface area contributed by atoms with Crippen molar-refractivity contribution in [1.82, 2.24) is 0 Å². The van der Waals surface area contributed by atoms with Crippen LogP contribution in [0, 0.1) is 11.6 Å². The topological polar surface area (TPSA) is 20.2 Å². The fourth-order valence-electron chi connectivity index (χ4n) is 1.59. The first kappa shape index (κ1) is 10.8. The smallest absolute Gasteiger partial charge is 0.139 e. The number of aliphatic hydroxyl groups is 1. The lowest BCUT2D eigenvalue weighted by Crippen LogP contribution is -1.96. The van der Waals surface area contributed by atoms with E-state index in [0.29, 0.717) is 5.56 Å². The maximum absolute atomic E-state index is 13.8. The minimum atomic E-state index is -0.700. The number of halogens is 2. The highest BCUT2D eigenvalue weighted by Gasteiger charge is 2.14. The number of benzene rings is 2. The molecule has 0 saturated heterocycles. The lowest BCUT2D eigenvalue weighted by atomic mass is 10.0. The van der Waals surface area contributed by atoms with E-state index in [-0.39, 0.29) is 11.1 Å². The summed E-state index contributed by atoms with van der Waals surface area (Å²) in [6.07, 6.45) is 0. The van der Waals surface area contributed by atoms with Crippen LogP contribution in [0.2, 0.25) is 0 Å². The van der Waals surface area contributed by atoms with Gasteiger partial charge in [0.25, 0.3) is 0 Å². The third-order valence-electron chi connectivity index (χ3n) is 2.40. The van der Waals surface area contributed by atoms with Crippen molar-refractivity contribution in [3.63, 3.8) is 0 Å². The maximum atomic E-state index is 13.8. The maximum Gasteiger partial charge on any atom is 0.139 e. The van der Waals surface area contributed by atoms with Crippen molar-refractivity contribution >= 4 is 0 Å². The van der Waals surface area contributed by atoms with Crippen molar-refractivity contribution < 1.29 is 13.9 Å². The zero-order chi connectivity index (χ0) is 11.5. The van der Waals surface area contributed by atoms with Gasteiger partial charge >= 0.3 is 0 Å². The third-order valence-corrected chi connectivity index (χ3v) is 2.40. The SMILES string of the molecule is OCc1ccc(F)c(-c2ccccc2)c1F. The van der Waals surface area contributed by atoms with Gasteiger partial charge in [-0.25, -0.2) is 8.78 Å². The molecule has 3 heteroatoms. The molecule has 0 saturated carbocycles. The Hall–Kier alpha value is -1.74. The third kappa shape index (κ3) is 1.82. The molecule has 16 heavy (non-hydrogen) atoms. The molecule has 0 amide bonds. The molecule has 2 aromatic rings. The van der Waals surface area contributed by atoms with E-state index in [4.69, 9.17) is 5.11 Å². The molecule has 0 spiro atoms. The molecular formula is C13H10F2O. The van der Waals surface area contributed by atoms with Crippen molar-refractivity contribution in [3.05, 3.63) is 59.7 Å². The molecule has 0 unspecified atom stereocenters. The predicted molar refractivity (Wildman–Crippen MR) is 57.7 cm³/mol. The fraction of sp³-hybridized carbons (Fsp3) is 0.0769. The van der Waals surface area contributed by atoms with E-state index in [1.54, 1.807) is 30.3 Å². The molecule has 1 N–H and O–H groups in total. The second-order valence-electron chi connectivity index (χ2n) is 3.42. The normalized spacial score (nSPS) is 10.4. The quantitative estimate of drug-likeness (QED) is 0.824. The van der Waals surface area contributed by atoms with Gasteiger partial charge in [-0.3, -0.25) is 0 Å². The van der Waals surface area contributed by atoms with Crippen LogP contribution in [0.4, 0.5) is 8.78 Å². The first-order valence-corrected chi connectivity index (χ1v) is 4.87. The standard InChI is InChI=1S/C13H10F2O/c14-11-7-6-10(8-16)13(15)12(11)9-4-2-1-3-5-9/h1-7,16H,8H2. The first-order valence-electron chi connectivity index (χ1n) is 4.87. The Labute approximate surface area is 92.0 Å². The Morgan fingerprint density at radius 2 is 1.62 bits per heavy atom. The highest BCUT2D eigenvalue weighted by Crippen LogP contribution is 2.27. The minimum Gasteiger partial charge on any atom is -0.392 e. The van der Waals surface area contributed by atoms with E-state index in [9.17, 15) is 8.78 Å². The van der Waals surface area contributed by atoms with E-state index < -0.39 is 18.2 Å². The molecule has 0 fully saturated rings. The van der Waals surface area contributed by atoms with E-state index >= 15 is 0 Å². The van der Waals surface area contributed by atoms with Crippen molar-refractivity contribution in [2.45, 2.75) is 6.61 Å². The summed E-state index contributed by atoms with van der Waals surface area (Å²) in [5.41, 5.74) is 0.472. The molecule has 0 bridgehead atoms. The Morgan fingerprint density at radius 3 is 2.25 bits per heavy atom. The van der Waals surface area contributed by atoms with Gasteiger partial charge in [-0.15, -0.1) is 0 Å². The van der Waals surface area contributed by atoms with E-state index in [2.05, 4.69) is 0 Å².